The fraction of sp³-hybridized carbons (Fsp3) is 0. The average molecular weight is 178 g/mol. The maximum atomic E-state index is 11.0. The molecule has 0 aromatic rings. The maximum Gasteiger partial charge on any atom is 0.387 e. The fourth-order valence-corrected chi connectivity index (χ4v) is 1.15. The van der Waals surface area contributed by atoms with E-state index in [1.165, 1.54) is 6.07 Å². The molecule has 1 aliphatic carbocycles. The molecule has 0 aromatic carbocycles. The second-order valence-corrected chi connectivity index (χ2v) is 2.49. The summed E-state index contributed by atoms with van der Waals surface area (Å²) in [5.41, 5.74) is -3.91. The van der Waals surface area contributed by atoms with E-state index in [-0.39, 0.29) is 10.4 Å². The third-order valence-corrected chi connectivity index (χ3v) is 1.73. The highest BCUT2D eigenvalue weighted by Crippen LogP contribution is 1.80. The Morgan fingerprint density at radius 3 is 2.31 bits per heavy atom. The van der Waals surface area contributed by atoms with E-state index in [2.05, 4.69) is 4.42 Å². The summed E-state index contributed by atoms with van der Waals surface area (Å²) in [4.78, 5) is 43.6. The lowest BCUT2D eigenvalue weighted by molar-refractivity contribution is 0.464. The van der Waals surface area contributed by atoms with Crippen molar-refractivity contribution < 1.29 is 4.42 Å². The van der Waals surface area contributed by atoms with E-state index in [0.29, 0.717) is 0 Å². The summed E-state index contributed by atoms with van der Waals surface area (Å²) in [6.45, 7) is 0. The van der Waals surface area contributed by atoms with E-state index in [9.17, 15) is 19.2 Å². The van der Waals surface area contributed by atoms with Crippen LogP contribution in [0.1, 0.15) is 0 Å². The smallest absolute Gasteiger partial charge is 0.383 e. The highest BCUT2D eigenvalue weighted by Gasteiger charge is 2.08. The Labute approximate surface area is 69.2 Å². The van der Waals surface area contributed by atoms with Crippen LogP contribution >= 0.6 is 0 Å². The fourth-order valence-electron chi connectivity index (χ4n) is 1.15. The van der Waals surface area contributed by atoms with Crippen LogP contribution in [0, 0.1) is 10.4 Å². The third-order valence-electron chi connectivity index (χ3n) is 1.73. The quantitative estimate of drug-likeness (QED) is 0.450. The summed E-state index contributed by atoms with van der Waals surface area (Å²) in [6, 6.07) is 2.23. The molecule has 0 radical (unpaired) electrons. The standard InChI is InChI=1S/C8H2O5/c9-4-2-1-3-5(4)6(10)8(12)13-7(3)11/h1-2H. The molecule has 0 saturated carbocycles. The summed E-state index contributed by atoms with van der Waals surface area (Å²) in [6.07, 6.45) is 0. The van der Waals surface area contributed by atoms with Crippen LogP contribution in [0.4, 0.5) is 0 Å². The normalized spacial score (nSPS) is 10.8. The summed E-state index contributed by atoms with van der Waals surface area (Å²) in [5, 5.41) is -0.504. The van der Waals surface area contributed by atoms with Gasteiger partial charge in [0.15, 0.2) is 5.43 Å². The molecule has 0 saturated heterocycles. The Kier molecular flexibility index (Phi) is 1.30. The Morgan fingerprint density at radius 2 is 1.62 bits per heavy atom. The van der Waals surface area contributed by atoms with Crippen molar-refractivity contribution in [3.05, 3.63) is 63.9 Å². The van der Waals surface area contributed by atoms with Crippen LogP contribution in [0.15, 0.2) is 35.7 Å². The van der Waals surface area contributed by atoms with Gasteiger partial charge in [-0.3, -0.25) is 9.59 Å². The molecule has 2 aliphatic rings. The monoisotopic (exact) mass is 178 g/mol. The number of hydrogen-bond acceptors (Lipinski definition) is 5. The molecule has 5 nitrogen and oxygen atoms in total. The Balaban J connectivity index is 3.54. The molecule has 13 heavy (non-hydrogen) atoms. The highest BCUT2D eigenvalue weighted by molar-refractivity contribution is 5.13. The van der Waals surface area contributed by atoms with Gasteiger partial charge >= 0.3 is 11.3 Å². The van der Waals surface area contributed by atoms with Crippen LogP contribution in [0.25, 0.3) is 0 Å². The first-order chi connectivity index (χ1) is 6.11. The van der Waals surface area contributed by atoms with Crippen molar-refractivity contribution in [3.63, 3.8) is 0 Å². The van der Waals surface area contributed by atoms with Gasteiger partial charge in [-0.05, 0) is 12.1 Å². The molecule has 0 fully saturated rings. The largest absolute Gasteiger partial charge is 0.387 e. The molecule has 1 aliphatic heterocycles. The van der Waals surface area contributed by atoms with Gasteiger partial charge in [-0.1, -0.05) is 0 Å². The molecule has 5 heteroatoms. The molecule has 0 aromatic heterocycles. The van der Waals surface area contributed by atoms with Crippen molar-refractivity contribution in [1.29, 1.82) is 0 Å². The first kappa shape index (κ1) is 7.60. The van der Waals surface area contributed by atoms with E-state index in [1.54, 1.807) is 0 Å². The van der Waals surface area contributed by atoms with Gasteiger partial charge in [0.05, 0.1) is 10.4 Å². The number of rotatable bonds is 0. The second kappa shape index (κ2) is 2.22. The van der Waals surface area contributed by atoms with Crippen LogP contribution in [-0.4, -0.2) is 0 Å². The van der Waals surface area contributed by atoms with Gasteiger partial charge in [-0.15, -0.1) is 0 Å². The SMILES string of the molecule is O=c1ccc2c(=O)oc(=O)c(=O)c1=2. The lowest BCUT2D eigenvalue weighted by atomic mass is 10.3. The van der Waals surface area contributed by atoms with Gasteiger partial charge in [0.2, 0.25) is 0 Å². The maximum absolute atomic E-state index is 11.0. The average Bonchev–Trinajstić information content (AvgIpc) is 2.44. The highest BCUT2D eigenvalue weighted by atomic mass is 16.4. The predicted octanol–water partition coefficient (Wildman–Crippen LogP) is -1.68. The molecule has 2 rings (SSSR count). The Morgan fingerprint density at radius 1 is 0.923 bits per heavy atom. The molecule has 0 amide bonds. The van der Waals surface area contributed by atoms with Crippen molar-refractivity contribution >= 4 is 0 Å². The molecule has 0 bridgehead atoms. The number of hydrogen-bond donors (Lipinski definition) is 0. The van der Waals surface area contributed by atoms with E-state index in [0.717, 1.165) is 6.07 Å². The van der Waals surface area contributed by atoms with Crippen molar-refractivity contribution in [2.45, 2.75) is 0 Å². The van der Waals surface area contributed by atoms with Crippen molar-refractivity contribution in [1.82, 2.24) is 0 Å². The lowest BCUT2D eigenvalue weighted by Gasteiger charge is -1.77. The Hall–Kier alpha value is -2.04. The molecular weight excluding hydrogens is 176 g/mol. The van der Waals surface area contributed by atoms with Crippen LogP contribution < -0.4 is 22.1 Å². The zero-order valence-electron chi connectivity index (χ0n) is 6.20. The third kappa shape index (κ3) is 0.868. The molecule has 0 unspecified atom stereocenters. The van der Waals surface area contributed by atoms with Gasteiger partial charge in [0.25, 0.3) is 5.43 Å². The van der Waals surface area contributed by atoms with E-state index in [4.69, 9.17) is 0 Å². The van der Waals surface area contributed by atoms with Gasteiger partial charge in [0, 0.05) is 0 Å². The predicted molar refractivity (Wildman–Crippen MR) is 41.5 cm³/mol. The lowest BCUT2D eigenvalue weighted by Crippen LogP contribution is -2.31. The summed E-state index contributed by atoms with van der Waals surface area (Å²) < 4.78 is 4.07. The zero-order chi connectivity index (χ0) is 9.59. The van der Waals surface area contributed by atoms with Crippen LogP contribution in [0.3, 0.4) is 0 Å². The molecule has 0 spiro atoms. The van der Waals surface area contributed by atoms with E-state index >= 15 is 0 Å². The van der Waals surface area contributed by atoms with Crippen LogP contribution in [-0.2, 0) is 0 Å². The Bertz CT molecular complexity index is 714. The molecule has 1 heterocycles. The molecule has 0 N–H and O–H groups in total. The van der Waals surface area contributed by atoms with Gasteiger partial charge in [0.1, 0.15) is 0 Å². The summed E-state index contributed by atoms with van der Waals surface area (Å²) in [7, 11) is 0. The van der Waals surface area contributed by atoms with Gasteiger partial charge in [-0.2, -0.15) is 0 Å². The minimum absolute atomic E-state index is 0.130. The van der Waals surface area contributed by atoms with E-state index < -0.39 is 22.1 Å². The van der Waals surface area contributed by atoms with Crippen LogP contribution in [0.5, 0.6) is 0 Å². The van der Waals surface area contributed by atoms with Crippen molar-refractivity contribution in [3.8, 4) is 0 Å². The van der Waals surface area contributed by atoms with Gasteiger partial charge < -0.3 is 4.42 Å². The minimum atomic E-state index is -1.29. The topological polar surface area (TPSA) is 81.4 Å². The summed E-state index contributed by atoms with van der Waals surface area (Å²) in [5.74, 6) is 0. The summed E-state index contributed by atoms with van der Waals surface area (Å²) >= 11 is 0. The van der Waals surface area contributed by atoms with E-state index in [1.807, 2.05) is 0 Å². The van der Waals surface area contributed by atoms with Gasteiger partial charge in [-0.25, -0.2) is 9.59 Å². The van der Waals surface area contributed by atoms with Crippen LogP contribution in [0.2, 0.25) is 0 Å². The minimum Gasteiger partial charge on any atom is -0.383 e. The molecule has 0 atom stereocenters. The molecular formula is C8H2O5. The second-order valence-electron chi connectivity index (χ2n) is 2.49. The van der Waals surface area contributed by atoms with Crippen molar-refractivity contribution in [2.24, 2.45) is 0 Å². The van der Waals surface area contributed by atoms with Crippen molar-refractivity contribution in [2.75, 3.05) is 0 Å². The first-order valence-corrected chi connectivity index (χ1v) is 3.39. The first-order valence-electron chi connectivity index (χ1n) is 3.39. The molecule has 64 valence electrons. The zero-order valence-corrected chi connectivity index (χ0v) is 6.20.